The van der Waals surface area contributed by atoms with Crippen LogP contribution in [0.15, 0.2) is 83.4 Å². The number of carbonyl (C=O) groups excluding carboxylic acids is 1. The van der Waals surface area contributed by atoms with Crippen molar-refractivity contribution in [3.8, 4) is 11.5 Å². The Balaban J connectivity index is 1.70. The Hall–Kier alpha value is -3.84. The summed E-state index contributed by atoms with van der Waals surface area (Å²) in [5.41, 5.74) is 0.762. The second-order valence-corrected chi connectivity index (χ2v) is 8.62. The Kier molecular flexibility index (Phi) is 5.73. The summed E-state index contributed by atoms with van der Waals surface area (Å²) in [6.45, 7) is 1.67. The van der Waals surface area contributed by atoms with Crippen molar-refractivity contribution in [2.45, 2.75) is 19.6 Å². The first-order valence-corrected chi connectivity index (χ1v) is 11.1. The fourth-order valence-corrected chi connectivity index (χ4v) is 4.27. The molecule has 0 saturated carbocycles. The average molecular weight is 495 g/mol. The Morgan fingerprint density at radius 1 is 1.03 bits per heavy atom. The SMILES string of the molecule is Cc1ccc2c(c1)c(C(=O)c1cnc(-c3ccccc3)o1)c(C(F)(F)F)n2Cc1ccc(Cl)cc1. The number of aromatic nitrogens is 2. The fraction of sp³-hybridized carbons (Fsp3) is 0.111. The van der Waals surface area contributed by atoms with Crippen LogP contribution in [0.4, 0.5) is 13.2 Å². The summed E-state index contributed by atoms with van der Waals surface area (Å²) in [6, 6.07) is 20.3. The van der Waals surface area contributed by atoms with Crippen molar-refractivity contribution in [2.75, 3.05) is 0 Å². The minimum absolute atomic E-state index is 0.0927. The lowest BCUT2D eigenvalue weighted by atomic mass is 10.0. The first-order chi connectivity index (χ1) is 16.7. The quantitative estimate of drug-likeness (QED) is 0.237. The molecule has 0 aliphatic heterocycles. The molecule has 4 nitrogen and oxygen atoms in total. The van der Waals surface area contributed by atoms with Crippen LogP contribution < -0.4 is 0 Å². The molecule has 0 aliphatic rings. The maximum absolute atomic E-state index is 14.5. The molecule has 2 aromatic heterocycles. The summed E-state index contributed by atoms with van der Waals surface area (Å²) in [7, 11) is 0. The van der Waals surface area contributed by atoms with E-state index in [0.717, 1.165) is 10.1 Å². The third kappa shape index (κ3) is 4.35. The van der Waals surface area contributed by atoms with Gasteiger partial charge in [0.2, 0.25) is 11.7 Å². The minimum atomic E-state index is -4.80. The average Bonchev–Trinajstić information content (AvgIpc) is 3.44. The van der Waals surface area contributed by atoms with Crippen molar-refractivity contribution in [2.24, 2.45) is 0 Å². The predicted octanol–water partition coefficient (Wildman–Crippen LogP) is 7.56. The molecule has 0 bridgehead atoms. The van der Waals surface area contributed by atoms with E-state index < -0.39 is 23.2 Å². The summed E-state index contributed by atoms with van der Waals surface area (Å²) in [6.07, 6.45) is -3.63. The van der Waals surface area contributed by atoms with Crippen molar-refractivity contribution >= 4 is 28.3 Å². The van der Waals surface area contributed by atoms with Gasteiger partial charge in [-0.1, -0.05) is 53.6 Å². The second-order valence-electron chi connectivity index (χ2n) is 8.18. The summed E-state index contributed by atoms with van der Waals surface area (Å²) >= 11 is 5.94. The van der Waals surface area contributed by atoms with Crippen molar-refractivity contribution in [1.29, 1.82) is 0 Å². The molecule has 5 aromatic rings. The Morgan fingerprint density at radius 3 is 2.43 bits per heavy atom. The van der Waals surface area contributed by atoms with E-state index in [1.54, 1.807) is 73.7 Å². The topological polar surface area (TPSA) is 48.0 Å². The summed E-state index contributed by atoms with van der Waals surface area (Å²) in [5, 5.41) is 0.683. The molecule has 3 aromatic carbocycles. The summed E-state index contributed by atoms with van der Waals surface area (Å²) in [4.78, 5) is 17.6. The molecule has 0 unspecified atom stereocenters. The zero-order valence-corrected chi connectivity index (χ0v) is 19.2. The Morgan fingerprint density at radius 2 is 1.74 bits per heavy atom. The zero-order valence-electron chi connectivity index (χ0n) is 18.4. The van der Waals surface area contributed by atoms with Gasteiger partial charge in [0.25, 0.3) is 0 Å². The number of alkyl halides is 3. The third-order valence-electron chi connectivity index (χ3n) is 5.72. The Bertz CT molecular complexity index is 1540. The molecule has 0 spiro atoms. The first kappa shape index (κ1) is 22.9. The molecule has 176 valence electrons. The lowest BCUT2D eigenvalue weighted by molar-refractivity contribution is -0.143. The molecular weight excluding hydrogens is 477 g/mol. The second kappa shape index (κ2) is 8.74. The van der Waals surface area contributed by atoms with E-state index in [9.17, 15) is 18.0 Å². The van der Waals surface area contributed by atoms with Crippen LogP contribution in [0.1, 0.15) is 32.9 Å². The number of aryl methyl sites for hydroxylation is 1. The van der Waals surface area contributed by atoms with E-state index in [1.807, 2.05) is 6.07 Å². The van der Waals surface area contributed by atoms with Crippen molar-refractivity contribution in [3.05, 3.63) is 112 Å². The fourth-order valence-electron chi connectivity index (χ4n) is 4.15. The van der Waals surface area contributed by atoms with Gasteiger partial charge in [0.05, 0.1) is 11.8 Å². The maximum atomic E-state index is 14.5. The van der Waals surface area contributed by atoms with Gasteiger partial charge in [0.15, 0.2) is 5.76 Å². The van der Waals surface area contributed by atoms with Gasteiger partial charge in [0, 0.05) is 28.0 Å². The first-order valence-electron chi connectivity index (χ1n) is 10.7. The van der Waals surface area contributed by atoms with Crippen LogP contribution in [0.2, 0.25) is 5.02 Å². The molecule has 5 rings (SSSR count). The summed E-state index contributed by atoms with van der Waals surface area (Å²) in [5.74, 6) is -0.984. The molecular formula is C27H18ClF3N2O2. The van der Waals surface area contributed by atoms with E-state index in [-0.39, 0.29) is 23.6 Å². The predicted molar refractivity (Wildman–Crippen MR) is 128 cm³/mol. The molecule has 2 heterocycles. The van der Waals surface area contributed by atoms with E-state index >= 15 is 0 Å². The van der Waals surface area contributed by atoms with E-state index in [4.69, 9.17) is 16.0 Å². The number of ketones is 1. The number of nitrogens with zero attached hydrogens (tertiary/aromatic N) is 2. The number of carbonyl (C=O) groups is 1. The van der Waals surface area contributed by atoms with Crippen LogP contribution in [-0.2, 0) is 12.7 Å². The highest BCUT2D eigenvalue weighted by Crippen LogP contribution is 2.40. The lowest BCUT2D eigenvalue weighted by Gasteiger charge is -2.15. The number of hydrogen-bond donors (Lipinski definition) is 0. The van der Waals surface area contributed by atoms with Crippen molar-refractivity contribution < 1.29 is 22.4 Å². The van der Waals surface area contributed by atoms with Crippen LogP contribution in [0.25, 0.3) is 22.4 Å². The number of rotatable bonds is 5. The lowest BCUT2D eigenvalue weighted by Crippen LogP contribution is -2.18. The largest absolute Gasteiger partial charge is 0.433 e. The van der Waals surface area contributed by atoms with Crippen molar-refractivity contribution in [1.82, 2.24) is 9.55 Å². The van der Waals surface area contributed by atoms with Crippen LogP contribution in [0, 0.1) is 6.92 Å². The summed E-state index contributed by atoms with van der Waals surface area (Å²) < 4.78 is 50.3. The van der Waals surface area contributed by atoms with Gasteiger partial charge in [-0.25, -0.2) is 4.98 Å². The molecule has 8 heteroatoms. The highest BCUT2D eigenvalue weighted by Gasteiger charge is 2.42. The minimum Gasteiger partial charge on any atom is -0.433 e. The van der Waals surface area contributed by atoms with Gasteiger partial charge in [-0.05, 0) is 48.9 Å². The molecule has 35 heavy (non-hydrogen) atoms. The molecule has 0 N–H and O–H groups in total. The van der Waals surface area contributed by atoms with Gasteiger partial charge in [0.1, 0.15) is 5.69 Å². The van der Waals surface area contributed by atoms with Crippen LogP contribution >= 0.6 is 11.6 Å². The highest BCUT2D eigenvalue weighted by atomic mass is 35.5. The van der Waals surface area contributed by atoms with Gasteiger partial charge >= 0.3 is 6.18 Å². The van der Waals surface area contributed by atoms with Gasteiger partial charge in [-0.15, -0.1) is 0 Å². The smallest absolute Gasteiger partial charge is 0.432 e. The molecule has 0 saturated heterocycles. The van der Waals surface area contributed by atoms with E-state index in [2.05, 4.69) is 4.98 Å². The zero-order chi connectivity index (χ0) is 24.7. The number of benzene rings is 3. The standard InChI is InChI=1S/C27H18ClF3N2O2/c1-16-7-12-21-20(13-16)23(24(34)22-14-32-26(35-22)18-5-3-2-4-6-18)25(27(29,30)31)33(21)15-17-8-10-19(28)11-9-17/h2-14H,15H2,1H3. The van der Waals surface area contributed by atoms with E-state index in [1.165, 1.54) is 6.20 Å². The highest BCUT2D eigenvalue weighted by molar-refractivity contribution is 6.30. The Labute approximate surface area is 203 Å². The van der Waals surface area contributed by atoms with Gasteiger partial charge in [-0.3, -0.25) is 4.79 Å². The molecule has 0 radical (unpaired) electrons. The number of halogens is 4. The van der Waals surface area contributed by atoms with Crippen molar-refractivity contribution in [3.63, 3.8) is 0 Å². The van der Waals surface area contributed by atoms with Gasteiger partial charge < -0.3 is 8.98 Å². The van der Waals surface area contributed by atoms with Crippen LogP contribution in [-0.4, -0.2) is 15.3 Å². The number of oxazole rings is 1. The van der Waals surface area contributed by atoms with Gasteiger partial charge in [-0.2, -0.15) is 13.2 Å². The third-order valence-corrected chi connectivity index (χ3v) is 5.97. The normalized spacial score (nSPS) is 11.8. The molecule has 0 fully saturated rings. The molecule has 0 atom stereocenters. The monoisotopic (exact) mass is 494 g/mol. The number of fused-ring (bicyclic) bond motifs is 1. The molecule has 0 aliphatic carbocycles. The number of hydrogen-bond acceptors (Lipinski definition) is 3. The van der Waals surface area contributed by atoms with Crippen LogP contribution in [0.3, 0.4) is 0 Å². The molecule has 0 amide bonds. The van der Waals surface area contributed by atoms with E-state index in [0.29, 0.717) is 21.7 Å². The van der Waals surface area contributed by atoms with Crippen LogP contribution in [0.5, 0.6) is 0 Å². The maximum Gasteiger partial charge on any atom is 0.432 e.